The van der Waals surface area contributed by atoms with E-state index in [0.29, 0.717) is 11.2 Å². The minimum Gasteiger partial charge on any atom is -0.481 e. The second kappa shape index (κ2) is 5.81. The average molecular weight is 259 g/mol. The number of para-hydroxylation sites is 1. The molecular formula is C13H13N3O3. The topological polar surface area (TPSA) is 91.3 Å². The van der Waals surface area contributed by atoms with Gasteiger partial charge in [-0.15, -0.1) is 0 Å². The van der Waals surface area contributed by atoms with Crippen LogP contribution in [-0.4, -0.2) is 28.6 Å². The van der Waals surface area contributed by atoms with Crippen molar-refractivity contribution in [3.8, 4) is 0 Å². The van der Waals surface area contributed by atoms with Crippen LogP contribution in [0, 0.1) is 0 Å². The van der Waals surface area contributed by atoms with Crippen molar-refractivity contribution in [1.82, 2.24) is 10.3 Å². The van der Waals surface area contributed by atoms with Crippen LogP contribution >= 0.6 is 0 Å². The van der Waals surface area contributed by atoms with Gasteiger partial charge in [-0.1, -0.05) is 18.2 Å². The lowest BCUT2D eigenvalue weighted by Gasteiger charge is -2.08. The Kier molecular flexibility index (Phi) is 3.92. The molecule has 6 heteroatoms. The van der Waals surface area contributed by atoms with E-state index in [0.717, 1.165) is 5.39 Å². The minimum absolute atomic E-state index is 0.0827. The lowest BCUT2D eigenvalue weighted by atomic mass is 10.2. The molecule has 0 radical (unpaired) electrons. The van der Waals surface area contributed by atoms with Gasteiger partial charge in [-0.05, 0) is 12.1 Å². The first-order chi connectivity index (χ1) is 9.16. The summed E-state index contributed by atoms with van der Waals surface area (Å²) in [5, 5.41) is 14.5. The molecule has 0 aliphatic rings. The molecule has 0 aliphatic carbocycles. The van der Waals surface area contributed by atoms with Crippen molar-refractivity contribution in [2.75, 3.05) is 11.9 Å². The predicted octanol–water partition coefficient (Wildman–Crippen LogP) is 1.83. The number of fused-ring (bicyclic) bond motifs is 1. The van der Waals surface area contributed by atoms with Gasteiger partial charge in [-0.3, -0.25) is 9.78 Å². The molecule has 1 heterocycles. The van der Waals surface area contributed by atoms with Crippen molar-refractivity contribution in [2.45, 2.75) is 6.42 Å². The number of benzene rings is 1. The van der Waals surface area contributed by atoms with Crippen molar-refractivity contribution >= 4 is 28.6 Å². The molecule has 19 heavy (non-hydrogen) atoms. The second-order valence-corrected chi connectivity index (χ2v) is 3.91. The molecule has 0 fully saturated rings. The van der Waals surface area contributed by atoms with E-state index in [9.17, 15) is 9.59 Å². The third-order valence-corrected chi connectivity index (χ3v) is 2.51. The molecular weight excluding hydrogens is 246 g/mol. The predicted molar refractivity (Wildman–Crippen MR) is 71.0 cm³/mol. The number of carboxylic acid groups (broad SMARTS) is 1. The summed E-state index contributed by atoms with van der Waals surface area (Å²) in [7, 11) is 0. The Morgan fingerprint density at radius 1 is 1.21 bits per heavy atom. The number of hydrogen-bond donors (Lipinski definition) is 3. The van der Waals surface area contributed by atoms with Crippen LogP contribution in [0.1, 0.15) is 6.42 Å². The number of nitrogens with zero attached hydrogens (tertiary/aromatic N) is 1. The van der Waals surface area contributed by atoms with Crippen LogP contribution in [0.5, 0.6) is 0 Å². The maximum atomic E-state index is 11.6. The number of amides is 2. The van der Waals surface area contributed by atoms with Crippen LogP contribution in [0.2, 0.25) is 0 Å². The summed E-state index contributed by atoms with van der Waals surface area (Å²) in [4.78, 5) is 26.1. The summed E-state index contributed by atoms with van der Waals surface area (Å²) in [5.74, 6) is -0.952. The molecule has 2 amide bonds. The molecule has 0 atom stereocenters. The fraction of sp³-hybridized carbons (Fsp3) is 0.154. The van der Waals surface area contributed by atoms with E-state index < -0.39 is 12.0 Å². The van der Waals surface area contributed by atoms with Crippen molar-refractivity contribution in [3.63, 3.8) is 0 Å². The molecule has 3 N–H and O–H groups in total. The summed E-state index contributed by atoms with van der Waals surface area (Å²) in [6.07, 6.45) is 1.54. The zero-order valence-electron chi connectivity index (χ0n) is 10.1. The third-order valence-electron chi connectivity index (χ3n) is 2.51. The SMILES string of the molecule is O=C(O)CCNC(=O)Nc1cccc2cccnc12. The van der Waals surface area contributed by atoms with E-state index in [-0.39, 0.29) is 13.0 Å². The van der Waals surface area contributed by atoms with E-state index in [1.54, 1.807) is 12.3 Å². The van der Waals surface area contributed by atoms with Gasteiger partial charge in [-0.25, -0.2) is 4.79 Å². The minimum atomic E-state index is -0.952. The zero-order valence-corrected chi connectivity index (χ0v) is 10.1. The standard InChI is InChI=1S/C13H13N3O3/c17-11(18)6-8-15-13(19)16-10-5-1-3-9-4-2-7-14-12(9)10/h1-5,7H,6,8H2,(H,17,18)(H2,15,16,19). The Hall–Kier alpha value is -2.63. The molecule has 2 aromatic rings. The lowest BCUT2D eigenvalue weighted by Crippen LogP contribution is -2.30. The molecule has 0 unspecified atom stereocenters. The first kappa shape index (κ1) is 12.8. The number of aliphatic carboxylic acids is 1. The number of pyridine rings is 1. The highest BCUT2D eigenvalue weighted by atomic mass is 16.4. The van der Waals surface area contributed by atoms with Gasteiger partial charge < -0.3 is 15.7 Å². The van der Waals surface area contributed by atoms with Crippen molar-refractivity contribution < 1.29 is 14.7 Å². The Morgan fingerprint density at radius 2 is 2.00 bits per heavy atom. The number of nitrogens with one attached hydrogen (secondary N) is 2. The highest BCUT2D eigenvalue weighted by Crippen LogP contribution is 2.20. The molecule has 1 aromatic carbocycles. The molecule has 6 nitrogen and oxygen atoms in total. The summed E-state index contributed by atoms with van der Waals surface area (Å²) in [5.41, 5.74) is 1.28. The number of carbonyl (C=O) groups is 2. The summed E-state index contributed by atoms with van der Waals surface area (Å²) in [6, 6.07) is 8.73. The molecule has 0 aliphatic heterocycles. The highest BCUT2D eigenvalue weighted by Gasteiger charge is 2.06. The number of aromatic nitrogens is 1. The van der Waals surface area contributed by atoms with E-state index in [1.165, 1.54) is 0 Å². The number of urea groups is 1. The quantitative estimate of drug-likeness (QED) is 0.781. The van der Waals surface area contributed by atoms with Gasteiger partial charge in [-0.2, -0.15) is 0 Å². The van der Waals surface area contributed by atoms with Gasteiger partial charge in [0.15, 0.2) is 0 Å². The number of hydrogen-bond acceptors (Lipinski definition) is 3. The molecule has 0 saturated heterocycles. The highest BCUT2D eigenvalue weighted by molar-refractivity contribution is 5.99. The molecule has 98 valence electrons. The molecule has 1 aromatic heterocycles. The first-order valence-electron chi connectivity index (χ1n) is 5.77. The van der Waals surface area contributed by atoms with Crippen LogP contribution in [0.4, 0.5) is 10.5 Å². The summed E-state index contributed by atoms with van der Waals surface area (Å²) < 4.78 is 0. The van der Waals surface area contributed by atoms with Crippen LogP contribution in [0.25, 0.3) is 10.9 Å². The van der Waals surface area contributed by atoms with Gasteiger partial charge >= 0.3 is 12.0 Å². The van der Waals surface area contributed by atoms with E-state index in [4.69, 9.17) is 5.11 Å². The zero-order chi connectivity index (χ0) is 13.7. The number of anilines is 1. The van der Waals surface area contributed by atoms with Crippen molar-refractivity contribution in [2.24, 2.45) is 0 Å². The Labute approximate surface area is 109 Å². The first-order valence-corrected chi connectivity index (χ1v) is 5.77. The molecule has 2 rings (SSSR count). The maximum Gasteiger partial charge on any atom is 0.319 e. The second-order valence-electron chi connectivity index (χ2n) is 3.91. The van der Waals surface area contributed by atoms with Crippen LogP contribution in [0.15, 0.2) is 36.5 Å². The van der Waals surface area contributed by atoms with E-state index >= 15 is 0 Å². The monoisotopic (exact) mass is 259 g/mol. The molecule has 0 spiro atoms. The van der Waals surface area contributed by atoms with Crippen molar-refractivity contribution in [3.05, 3.63) is 36.5 Å². The third kappa shape index (κ3) is 3.41. The smallest absolute Gasteiger partial charge is 0.319 e. The normalized spacial score (nSPS) is 10.1. The van der Waals surface area contributed by atoms with E-state index in [1.807, 2.05) is 24.3 Å². The summed E-state index contributed by atoms with van der Waals surface area (Å²) in [6.45, 7) is 0.0827. The van der Waals surface area contributed by atoms with Crippen LogP contribution in [-0.2, 0) is 4.79 Å². The van der Waals surface area contributed by atoms with E-state index in [2.05, 4.69) is 15.6 Å². The van der Waals surface area contributed by atoms with Gasteiger partial charge in [0.25, 0.3) is 0 Å². The number of carbonyl (C=O) groups excluding carboxylic acids is 1. The van der Waals surface area contributed by atoms with Crippen LogP contribution < -0.4 is 10.6 Å². The fourth-order valence-corrected chi connectivity index (χ4v) is 1.65. The van der Waals surface area contributed by atoms with Crippen LogP contribution in [0.3, 0.4) is 0 Å². The number of carboxylic acids is 1. The number of rotatable bonds is 4. The Bertz CT molecular complexity index is 608. The Balaban J connectivity index is 2.05. The van der Waals surface area contributed by atoms with Crippen molar-refractivity contribution in [1.29, 1.82) is 0 Å². The van der Waals surface area contributed by atoms with Gasteiger partial charge in [0.05, 0.1) is 17.6 Å². The average Bonchev–Trinajstić information content (AvgIpc) is 2.39. The Morgan fingerprint density at radius 3 is 2.79 bits per heavy atom. The van der Waals surface area contributed by atoms with Gasteiger partial charge in [0, 0.05) is 18.1 Å². The lowest BCUT2D eigenvalue weighted by molar-refractivity contribution is -0.136. The van der Waals surface area contributed by atoms with Gasteiger partial charge in [0.2, 0.25) is 0 Å². The molecule has 0 saturated carbocycles. The largest absolute Gasteiger partial charge is 0.481 e. The summed E-state index contributed by atoms with van der Waals surface area (Å²) >= 11 is 0. The van der Waals surface area contributed by atoms with Gasteiger partial charge in [0.1, 0.15) is 0 Å². The molecule has 0 bridgehead atoms. The fourth-order valence-electron chi connectivity index (χ4n) is 1.65. The maximum absolute atomic E-state index is 11.6.